The number of hydrogen-bond acceptors (Lipinski definition) is 3. The maximum Gasteiger partial charge on any atom is 0.0771 e. The van der Waals surface area contributed by atoms with E-state index in [-0.39, 0.29) is 12.7 Å². The molecule has 3 nitrogen and oxygen atoms in total. The molecule has 0 aliphatic rings. The minimum atomic E-state index is -0.667. The fraction of sp³-hybridized carbons (Fsp3) is 1.00. The van der Waals surface area contributed by atoms with Gasteiger partial charge in [0.25, 0.3) is 0 Å². The standard InChI is InChI=1S/C6H14O3/c1-5(8)2-3-6(9)4-7/h5-9H,2-4H2,1H3/t5-,6-/m1/s1. The predicted octanol–water partition coefficient (Wildman–Crippen LogP) is -0.499. The molecule has 0 fully saturated rings. The van der Waals surface area contributed by atoms with Crippen LogP contribution in [0.25, 0.3) is 0 Å². The second-order valence-corrected chi connectivity index (χ2v) is 2.26. The van der Waals surface area contributed by atoms with Gasteiger partial charge in [-0.05, 0) is 19.8 Å². The van der Waals surface area contributed by atoms with Crippen molar-refractivity contribution in [3.05, 3.63) is 0 Å². The first kappa shape index (κ1) is 8.88. The molecule has 3 N–H and O–H groups in total. The van der Waals surface area contributed by atoms with Crippen LogP contribution in [0.2, 0.25) is 0 Å². The lowest BCUT2D eigenvalue weighted by molar-refractivity contribution is 0.0717. The van der Waals surface area contributed by atoms with E-state index in [2.05, 4.69) is 0 Å². The molecule has 0 saturated carbocycles. The van der Waals surface area contributed by atoms with E-state index in [0.717, 1.165) is 0 Å². The Bertz CT molecular complexity index is 63.3. The molecule has 2 atom stereocenters. The van der Waals surface area contributed by atoms with Crippen molar-refractivity contribution in [2.24, 2.45) is 0 Å². The Morgan fingerprint density at radius 3 is 2.11 bits per heavy atom. The third-order valence-corrected chi connectivity index (χ3v) is 1.13. The van der Waals surface area contributed by atoms with Crippen molar-refractivity contribution < 1.29 is 15.3 Å². The summed E-state index contributed by atoms with van der Waals surface area (Å²) in [5, 5.41) is 25.8. The van der Waals surface area contributed by atoms with Crippen LogP contribution in [0.5, 0.6) is 0 Å². The fourth-order valence-corrected chi connectivity index (χ4v) is 0.525. The second-order valence-electron chi connectivity index (χ2n) is 2.26. The van der Waals surface area contributed by atoms with Gasteiger partial charge in [-0.3, -0.25) is 0 Å². The molecule has 0 spiro atoms. The van der Waals surface area contributed by atoms with Crippen LogP contribution in [-0.4, -0.2) is 34.1 Å². The van der Waals surface area contributed by atoms with E-state index in [4.69, 9.17) is 15.3 Å². The highest BCUT2D eigenvalue weighted by Gasteiger charge is 2.02. The second kappa shape index (κ2) is 4.73. The lowest BCUT2D eigenvalue weighted by Crippen LogP contribution is -2.14. The molecular weight excluding hydrogens is 120 g/mol. The van der Waals surface area contributed by atoms with Crippen molar-refractivity contribution in [2.75, 3.05) is 6.61 Å². The van der Waals surface area contributed by atoms with Gasteiger partial charge in [0.05, 0.1) is 18.8 Å². The summed E-state index contributed by atoms with van der Waals surface area (Å²) in [5.41, 5.74) is 0. The summed E-state index contributed by atoms with van der Waals surface area (Å²) in [4.78, 5) is 0. The summed E-state index contributed by atoms with van der Waals surface area (Å²) < 4.78 is 0. The molecule has 0 bridgehead atoms. The Labute approximate surface area is 54.9 Å². The van der Waals surface area contributed by atoms with E-state index < -0.39 is 6.10 Å². The molecule has 0 rings (SSSR count). The first-order valence-corrected chi connectivity index (χ1v) is 3.13. The zero-order valence-electron chi connectivity index (χ0n) is 5.62. The molecule has 0 unspecified atom stereocenters. The summed E-state index contributed by atoms with van der Waals surface area (Å²) in [6, 6.07) is 0. The molecule has 56 valence electrons. The van der Waals surface area contributed by atoms with Gasteiger partial charge in [-0.1, -0.05) is 0 Å². The van der Waals surface area contributed by atoms with E-state index >= 15 is 0 Å². The maximum absolute atomic E-state index is 8.75. The number of aliphatic hydroxyl groups excluding tert-OH is 3. The molecule has 0 radical (unpaired) electrons. The Kier molecular flexibility index (Phi) is 4.67. The zero-order chi connectivity index (χ0) is 7.28. The van der Waals surface area contributed by atoms with Gasteiger partial charge in [-0.2, -0.15) is 0 Å². The Balaban J connectivity index is 3.06. The molecule has 0 heterocycles. The van der Waals surface area contributed by atoms with Crippen LogP contribution in [0.1, 0.15) is 19.8 Å². The first-order chi connectivity index (χ1) is 4.16. The van der Waals surface area contributed by atoms with Crippen LogP contribution in [-0.2, 0) is 0 Å². The smallest absolute Gasteiger partial charge is 0.0771 e. The van der Waals surface area contributed by atoms with Crippen LogP contribution in [0.4, 0.5) is 0 Å². The van der Waals surface area contributed by atoms with Gasteiger partial charge in [0.2, 0.25) is 0 Å². The van der Waals surface area contributed by atoms with E-state index in [1.807, 2.05) is 0 Å². The van der Waals surface area contributed by atoms with Crippen LogP contribution in [0, 0.1) is 0 Å². The third kappa shape index (κ3) is 5.76. The van der Waals surface area contributed by atoms with Crippen molar-refractivity contribution in [3.8, 4) is 0 Å². The largest absolute Gasteiger partial charge is 0.394 e. The van der Waals surface area contributed by atoms with Crippen molar-refractivity contribution in [1.29, 1.82) is 0 Å². The lowest BCUT2D eigenvalue weighted by Gasteiger charge is -2.07. The van der Waals surface area contributed by atoms with Crippen LogP contribution < -0.4 is 0 Å². The van der Waals surface area contributed by atoms with E-state index in [1.54, 1.807) is 6.92 Å². The Hall–Kier alpha value is -0.120. The van der Waals surface area contributed by atoms with E-state index in [0.29, 0.717) is 12.8 Å². The third-order valence-electron chi connectivity index (χ3n) is 1.13. The van der Waals surface area contributed by atoms with Gasteiger partial charge in [-0.25, -0.2) is 0 Å². The topological polar surface area (TPSA) is 60.7 Å². The average Bonchev–Trinajstić information content (AvgIpc) is 1.83. The monoisotopic (exact) mass is 134 g/mol. The molecular formula is C6H14O3. The average molecular weight is 134 g/mol. The van der Waals surface area contributed by atoms with Gasteiger partial charge in [0, 0.05) is 0 Å². The highest BCUT2D eigenvalue weighted by atomic mass is 16.3. The van der Waals surface area contributed by atoms with Crippen LogP contribution in [0.15, 0.2) is 0 Å². The van der Waals surface area contributed by atoms with Gasteiger partial charge >= 0.3 is 0 Å². The molecule has 0 saturated heterocycles. The number of aliphatic hydroxyl groups is 3. The van der Waals surface area contributed by atoms with Crippen molar-refractivity contribution in [2.45, 2.75) is 32.0 Å². The molecule has 0 aliphatic carbocycles. The number of rotatable bonds is 4. The van der Waals surface area contributed by atoms with E-state index in [9.17, 15) is 0 Å². The minimum Gasteiger partial charge on any atom is -0.394 e. The SMILES string of the molecule is C[C@@H](O)CC[C@@H](O)CO. The molecule has 0 amide bonds. The fourth-order valence-electron chi connectivity index (χ4n) is 0.525. The Morgan fingerprint density at radius 2 is 1.78 bits per heavy atom. The Morgan fingerprint density at radius 1 is 1.22 bits per heavy atom. The molecule has 0 aromatic rings. The van der Waals surface area contributed by atoms with Gasteiger partial charge in [0.1, 0.15) is 0 Å². The molecule has 0 aliphatic heterocycles. The summed E-state index contributed by atoms with van der Waals surface area (Å²) in [6.07, 6.45) is -0.0404. The van der Waals surface area contributed by atoms with Crippen LogP contribution >= 0.6 is 0 Å². The number of hydrogen-bond donors (Lipinski definition) is 3. The molecule has 0 aromatic carbocycles. The van der Waals surface area contributed by atoms with Crippen molar-refractivity contribution in [1.82, 2.24) is 0 Å². The normalized spacial score (nSPS) is 17.3. The minimum absolute atomic E-state index is 0.216. The summed E-state index contributed by atoms with van der Waals surface area (Å²) in [5.74, 6) is 0. The zero-order valence-corrected chi connectivity index (χ0v) is 5.62. The summed E-state index contributed by atoms with van der Waals surface area (Å²) in [7, 11) is 0. The highest BCUT2D eigenvalue weighted by molar-refractivity contribution is 4.55. The quantitative estimate of drug-likeness (QED) is 0.486. The van der Waals surface area contributed by atoms with Gasteiger partial charge in [-0.15, -0.1) is 0 Å². The predicted molar refractivity (Wildman–Crippen MR) is 34.0 cm³/mol. The van der Waals surface area contributed by atoms with Crippen molar-refractivity contribution in [3.63, 3.8) is 0 Å². The molecule has 9 heavy (non-hydrogen) atoms. The summed E-state index contributed by atoms with van der Waals surface area (Å²) >= 11 is 0. The maximum atomic E-state index is 8.75. The highest BCUT2D eigenvalue weighted by Crippen LogP contribution is 1.99. The van der Waals surface area contributed by atoms with Crippen LogP contribution in [0.3, 0.4) is 0 Å². The van der Waals surface area contributed by atoms with Gasteiger partial charge < -0.3 is 15.3 Å². The molecule has 3 heteroatoms. The molecule has 0 aromatic heterocycles. The lowest BCUT2D eigenvalue weighted by atomic mass is 10.1. The van der Waals surface area contributed by atoms with E-state index in [1.165, 1.54) is 0 Å². The first-order valence-electron chi connectivity index (χ1n) is 3.13. The van der Waals surface area contributed by atoms with Crippen molar-refractivity contribution >= 4 is 0 Å². The van der Waals surface area contributed by atoms with Gasteiger partial charge in [0.15, 0.2) is 0 Å². The summed E-state index contributed by atoms with van der Waals surface area (Å²) in [6.45, 7) is 1.44.